The molecule has 0 aliphatic carbocycles. The molecule has 1 fully saturated rings. The quantitative estimate of drug-likeness (QED) is 0.618. The van der Waals surface area contributed by atoms with Gasteiger partial charge >= 0.3 is 0 Å². The minimum absolute atomic E-state index is 0.247. The number of rotatable bonds is 9. The molecule has 1 N–H and O–H groups in total. The topological polar surface area (TPSA) is 32.3 Å². The number of nitrogens with zero attached hydrogens (tertiary/aromatic N) is 1. The van der Waals surface area contributed by atoms with Crippen molar-refractivity contribution in [1.29, 1.82) is 0 Å². The van der Waals surface area contributed by atoms with Crippen molar-refractivity contribution in [3.05, 3.63) is 71.3 Å². The van der Waals surface area contributed by atoms with Crippen molar-refractivity contribution in [2.24, 2.45) is 5.92 Å². The van der Waals surface area contributed by atoms with Gasteiger partial charge in [0.15, 0.2) is 5.78 Å². The maximum atomic E-state index is 12.6. The molecule has 0 radical (unpaired) electrons. The smallest absolute Gasteiger partial charge is 0.162 e. The van der Waals surface area contributed by atoms with Gasteiger partial charge in [-0.05, 0) is 23.5 Å². The first-order valence-electron chi connectivity index (χ1n) is 10.9. The van der Waals surface area contributed by atoms with Gasteiger partial charge < -0.3 is 5.32 Å². The van der Waals surface area contributed by atoms with E-state index in [0.717, 1.165) is 51.0 Å². The molecule has 1 heterocycles. The third-order valence-corrected chi connectivity index (χ3v) is 6.11. The van der Waals surface area contributed by atoms with Crippen LogP contribution < -0.4 is 5.32 Å². The minimum atomic E-state index is 0.247. The Morgan fingerprint density at radius 1 is 0.929 bits per heavy atom. The summed E-state index contributed by atoms with van der Waals surface area (Å²) in [5.41, 5.74) is 3.43. The van der Waals surface area contributed by atoms with Crippen LogP contribution in [0.3, 0.4) is 0 Å². The van der Waals surface area contributed by atoms with Crippen LogP contribution in [0.1, 0.15) is 67.1 Å². The van der Waals surface area contributed by atoms with Crippen LogP contribution in [0.15, 0.2) is 54.6 Å². The van der Waals surface area contributed by atoms with Gasteiger partial charge in [0, 0.05) is 38.2 Å². The summed E-state index contributed by atoms with van der Waals surface area (Å²) < 4.78 is 0. The molecule has 1 atom stereocenters. The molecule has 0 spiro atoms. The highest BCUT2D eigenvalue weighted by atomic mass is 16.1. The average Bonchev–Trinajstić information content (AvgIpc) is 2.76. The highest BCUT2D eigenvalue weighted by Gasteiger charge is 2.24. The molecule has 3 rings (SSSR count). The Kier molecular flexibility index (Phi) is 7.81. The van der Waals surface area contributed by atoms with Gasteiger partial charge in [-0.15, -0.1) is 0 Å². The Morgan fingerprint density at radius 2 is 1.54 bits per heavy atom. The van der Waals surface area contributed by atoms with Gasteiger partial charge in [-0.25, -0.2) is 0 Å². The molecule has 3 nitrogen and oxygen atoms in total. The molecule has 1 aliphatic rings. The molecular formula is C25H34N2O. The fourth-order valence-corrected chi connectivity index (χ4v) is 4.22. The van der Waals surface area contributed by atoms with E-state index in [9.17, 15) is 4.79 Å². The number of nitrogens with one attached hydrogen (secondary N) is 1. The fraction of sp³-hybridized carbons (Fsp3) is 0.480. The summed E-state index contributed by atoms with van der Waals surface area (Å²) in [6.45, 7) is 8.55. The lowest BCUT2D eigenvalue weighted by atomic mass is 9.92. The lowest BCUT2D eigenvalue weighted by Gasteiger charge is -2.35. The summed E-state index contributed by atoms with van der Waals surface area (Å²) in [6.07, 6.45) is 3.98. The summed E-state index contributed by atoms with van der Waals surface area (Å²) in [4.78, 5) is 15.2. The highest BCUT2D eigenvalue weighted by Crippen LogP contribution is 2.29. The minimum Gasteiger partial charge on any atom is -0.314 e. The summed E-state index contributed by atoms with van der Waals surface area (Å²) in [6, 6.07) is 19.3. The van der Waals surface area contributed by atoms with Crippen molar-refractivity contribution in [3.8, 4) is 0 Å². The van der Waals surface area contributed by atoms with Crippen molar-refractivity contribution in [3.63, 3.8) is 0 Å². The van der Waals surface area contributed by atoms with Crippen LogP contribution in [0.4, 0.5) is 0 Å². The molecule has 0 aromatic heterocycles. The number of carbonyl (C=O) groups is 1. The van der Waals surface area contributed by atoms with Crippen LogP contribution >= 0.6 is 0 Å². The van der Waals surface area contributed by atoms with Gasteiger partial charge in [0.2, 0.25) is 0 Å². The van der Waals surface area contributed by atoms with Gasteiger partial charge in [-0.1, -0.05) is 81.3 Å². The summed E-state index contributed by atoms with van der Waals surface area (Å²) in [7, 11) is 0. The molecule has 0 bridgehead atoms. The monoisotopic (exact) mass is 378 g/mol. The number of carbonyl (C=O) groups excluding carboxylic acids is 1. The van der Waals surface area contributed by atoms with E-state index in [1.807, 2.05) is 12.1 Å². The second-order valence-corrected chi connectivity index (χ2v) is 7.87. The van der Waals surface area contributed by atoms with Crippen LogP contribution in [0.25, 0.3) is 0 Å². The second-order valence-electron chi connectivity index (χ2n) is 7.87. The molecule has 3 heteroatoms. The Morgan fingerprint density at radius 3 is 2.14 bits per heavy atom. The van der Waals surface area contributed by atoms with E-state index in [1.54, 1.807) is 0 Å². The Hall–Kier alpha value is -1.97. The molecule has 150 valence electrons. The predicted octanol–water partition coefficient (Wildman–Crippen LogP) is 5.08. The summed E-state index contributed by atoms with van der Waals surface area (Å²) >= 11 is 0. The van der Waals surface area contributed by atoms with Crippen LogP contribution in [0.2, 0.25) is 0 Å². The van der Waals surface area contributed by atoms with Gasteiger partial charge in [0.1, 0.15) is 0 Å². The fourth-order valence-electron chi connectivity index (χ4n) is 4.22. The molecule has 1 saturated heterocycles. The number of Topliss-reactive ketones (excluding diaryl/α,β-unsaturated/α-hetero) is 1. The van der Waals surface area contributed by atoms with Gasteiger partial charge in [0.05, 0.1) is 6.04 Å². The molecule has 1 aliphatic heterocycles. The molecular weight excluding hydrogens is 344 g/mol. The van der Waals surface area contributed by atoms with Gasteiger partial charge in [-0.2, -0.15) is 0 Å². The molecule has 1 unspecified atom stereocenters. The molecule has 2 aromatic carbocycles. The summed E-state index contributed by atoms with van der Waals surface area (Å²) in [5.74, 6) is 0.940. The van der Waals surface area contributed by atoms with Crippen LogP contribution in [0.5, 0.6) is 0 Å². The third kappa shape index (κ3) is 5.30. The Labute approximate surface area is 170 Å². The molecule has 28 heavy (non-hydrogen) atoms. The van der Waals surface area contributed by atoms with E-state index in [-0.39, 0.29) is 11.8 Å². The Bertz CT molecular complexity index is 716. The molecule has 0 amide bonds. The maximum absolute atomic E-state index is 12.6. The lowest BCUT2D eigenvalue weighted by molar-refractivity contribution is 0.0973. The first kappa shape index (κ1) is 20.8. The number of piperazine rings is 1. The molecule has 2 aromatic rings. The van der Waals surface area contributed by atoms with Crippen LogP contribution in [-0.2, 0) is 0 Å². The molecule has 0 saturated carbocycles. The largest absolute Gasteiger partial charge is 0.314 e. The summed E-state index contributed by atoms with van der Waals surface area (Å²) in [5, 5.41) is 3.44. The highest BCUT2D eigenvalue weighted by molar-refractivity contribution is 5.96. The van der Waals surface area contributed by atoms with Crippen LogP contribution in [-0.4, -0.2) is 36.9 Å². The van der Waals surface area contributed by atoms with Crippen LogP contribution in [0, 0.1) is 5.92 Å². The standard InChI is InChI=1S/C25H34N2O/c1-3-20(4-2)10-15-24(28)21-11-13-23(14-12-21)25(22-8-6-5-7-9-22)27-18-16-26-17-19-27/h5-9,11-14,20,25-26H,3-4,10,15-19H2,1-2H3. The van der Waals surface area contributed by atoms with E-state index >= 15 is 0 Å². The van der Waals surface area contributed by atoms with Crippen molar-refractivity contribution < 1.29 is 4.79 Å². The zero-order valence-corrected chi connectivity index (χ0v) is 17.4. The first-order valence-corrected chi connectivity index (χ1v) is 10.9. The van der Waals surface area contributed by atoms with E-state index in [0.29, 0.717) is 12.3 Å². The zero-order valence-electron chi connectivity index (χ0n) is 17.4. The third-order valence-electron chi connectivity index (χ3n) is 6.11. The second kappa shape index (κ2) is 10.5. The van der Waals surface area contributed by atoms with Crippen molar-refractivity contribution in [2.75, 3.05) is 26.2 Å². The van der Waals surface area contributed by atoms with Crippen molar-refractivity contribution >= 4 is 5.78 Å². The lowest BCUT2D eigenvalue weighted by Crippen LogP contribution is -2.45. The Balaban J connectivity index is 1.75. The number of hydrogen-bond acceptors (Lipinski definition) is 3. The predicted molar refractivity (Wildman–Crippen MR) is 117 cm³/mol. The average molecular weight is 379 g/mol. The van der Waals surface area contributed by atoms with E-state index in [2.05, 4.69) is 66.5 Å². The zero-order chi connectivity index (χ0) is 19.8. The van der Waals surface area contributed by atoms with Gasteiger partial charge in [0.25, 0.3) is 0 Å². The van der Waals surface area contributed by atoms with E-state index < -0.39 is 0 Å². The van der Waals surface area contributed by atoms with E-state index in [4.69, 9.17) is 0 Å². The first-order chi connectivity index (χ1) is 13.7. The maximum Gasteiger partial charge on any atom is 0.162 e. The number of ketones is 1. The van der Waals surface area contributed by atoms with Crippen molar-refractivity contribution in [1.82, 2.24) is 10.2 Å². The normalized spacial score (nSPS) is 16.2. The van der Waals surface area contributed by atoms with Gasteiger partial charge in [-0.3, -0.25) is 9.69 Å². The van der Waals surface area contributed by atoms with E-state index in [1.165, 1.54) is 11.1 Å². The van der Waals surface area contributed by atoms with Crippen molar-refractivity contribution in [2.45, 2.75) is 45.6 Å². The number of hydrogen-bond donors (Lipinski definition) is 1. The SMILES string of the molecule is CCC(CC)CCC(=O)c1ccc(C(c2ccccc2)N2CCNCC2)cc1. The number of benzene rings is 2.